The number of anilines is 3. The van der Waals surface area contributed by atoms with Crippen molar-refractivity contribution < 1.29 is 24.5 Å². The van der Waals surface area contributed by atoms with Crippen molar-refractivity contribution in [2.45, 2.75) is 6.04 Å². The van der Waals surface area contributed by atoms with Gasteiger partial charge in [0.05, 0.1) is 19.3 Å². The van der Waals surface area contributed by atoms with Crippen LogP contribution in [0.25, 0.3) is 0 Å². The minimum Gasteiger partial charge on any atom is -0.483 e. The summed E-state index contributed by atoms with van der Waals surface area (Å²) >= 11 is 0. The van der Waals surface area contributed by atoms with Crippen molar-refractivity contribution in [1.29, 1.82) is 0 Å². The Balaban J connectivity index is 0.000000540. The highest BCUT2D eigenvalue weighted by molar-refractivity contribution is 5.52. The molecule has 0 aromatic carbocycles. The molecule has 3 rings (SSSR count). The maximum absolute atomic E-state index is 8.36. The topological polar surface area (TPSA) is 145 Å². The molecule has 0 radical (unpaired) electrons. The standard InChI is InChI=1S/C14H24N6O.2CH2O2/c1-18(2)14-16-12(15)4-13(17-14)20-6-10-5-19(3)11(7-20)9-21-8-10;2*2-1-3/h4,10-11H,5-9H2,1-3H3,(H2,15,16,17);2*1H,(H,2,3)/t10-,11+;;/m1../s1. The highest BCUT2D eigenvalue weighted by atomic mass is 16.5. The van der Waals surface area contributed by atoms with Crippen molar-refractivity contribution in [1.82, 2.24) is 14.9 Å². The van der Waals surface area contributed by atoms with Crippen LogP contribution < -0.4 is 15.5 Å². The summed E-state index contributed by atoms with van der Waals surface area (Å²) in [6, 6.07) is 2.27. The maximum Gasteiger partial charge on any atom is 0.290 e. The van der Waals surface area contributed by atoms with E-state index in [0.717, 1.165) is 38.7 Å². The Morgan fingerprint density at radius 1 is 1.19 bits per heavy atom. The van der Waals surface area contributed by atoms with Gasteiger partial charge in [-0.2, -0.15) is 9.97 Å². The molecule has 0 unspecified atom stereocenters. The zero-order valence-electron chi connectivity index (χ0n) is 15.9. The van der Waals surface area contributed by atoms with E-state index in [-0.39, 0.29) is 12.9 Å². The second kappa shape index (κ2) is 11.1. The molecule has 1 aromatic heterocycles. The van der Waals surface area contributed by atoms with E-state index in [1.165, 1.54) is 0 Å². The molecule has 0 amide bonds. The molecule has 2 aliphatic rings. The van der Waals surface area contributed by atoms with Crippen molar-refractivity contribution in [2.75, 3.05) is 69.5 Å². The minimum absolute atomic E-state index is 0.250. The van der Waals surface area contributed by atoms with Crippen LogP contribution in [0.4, 0.5) is 17.6 Å². The summed E-state index contributed by atoms with van der Waals surface area (Å²) in [5.41, 5.74) is 5.95. The van der Waals surface area contributed by atoms with Gasteiger partial charge in [0.25, 0.3) is 12.9 Å². The van der Waals surface area contributed by atoms with E-state index in [0.29, 0.717) is 23.7 Å². The molecule has 1 aromatic rings. The fraction of sp³-hybridized carbons (Fsp3) is 0.625. The van der Waals surface area contributed by atoms with Gasteiger partial charge in [-0.3, -0.25) is 14.5 Å². The molecule has 0 spiro atoms. The van der Waals surface area contributed by atoms with Crippen LogP contribution in [0, 0.1) is 5.92 Å². The van der Waals surface area contributed by atoms with Crippen LogP contribution in [-0.2, 0) is 14.3 Å². The maximum atomic E-state index is 8.36. The lowest BCUT2D eigenvalue weighted by Crippen LogP contribution is -2.42. The first-order valence-corrected chi connectivity index (χ1v) is 8.36. The van der Waals surface area contributed by atoms with Gasteiger partial charge in [0.1, 0.15) is 11.6 Å². The number of carboxylic acid groups (broad SMARTS) is 2. The van der Waals surface area contributed by atoms with Crippen LogP contribution >= 0.6 is 0 Å². The number of hydrogen-bond donors (Lipinski definition) is 3. The lowest BCUT2D eigenvalue weighted by molar-refractivity contribution is -0.123. The molecule has 0 saturated carbocycles. The molecule has 152 valence electrons. The quantitative estimate of drug-likeness (QED) is 0.556. The summed E-state index contributed by atoms with van der Waals surface area (Å²) in [6.07, 6.45) is 0. The van der Waals surface area contributed by atoms with Gasteiger partial charge in [0, 0.05) is 45.7 Å². The average Bonchev–Trinajstić information content (AvgIpc) is 2.84. The third kappa shape index (κ3) is 6.87. The number of aromatic nitrogens is 2. The zero-order chi connectivity index (χ0) is 20.4. The van der Waals surface area contributed by atoms with E-state index in [9.17, 15) is 0 Å². The molecular weight excluding hydrogens is 356 g/mol. The average molecular weight is 384 g/mol. The molecule has 2 bridgehead atoms. The molecule has 11 heteroatoms. The van der Waals surface area contributed by atoms with Crippen LogP contribution in [-0.4, -0.2) is 98.1 Å². The highest BCUT2D eigenvalue weighted by Gasteiger charge is 2.32. The second-order valence-corrected chi connectivity index (χ2v) is 6.46. The van der Waals surface area contributed by atoms with E-state index in [2.05, 4.69) is 26.8 Å². The lowest BCUT2D eigenvalue weighted by atomic mass is 10.1. The van der Waals surface area contributed by atoms with Crippen LogP contribution in [0.2, 0.25) is 0 Å². The van der Waals surface area contributed by atoms with Gasteiger partial charge in [-0.25, -0.2) is 0 Å². The molecule has 2 fully saturated rings. The van der Waals surface area contributed by atoms with Gasteiger partial charge < -0.3 is 30.5 Å². The number of nitrogens with zero attached hydrogens (tertiary/aromatic N) is 5. The Labute approximate surface area is 158 Å². The Morgan fingerprint density at radius 2 is 1.81 bits per heavy atom. The van der Waals surface area contributed by atoms with Gasteiger partial charge >= 0.3 is 0 Å². The number of nitrogens with two attached hydrogens (primary N) is 1. The van der Waals surface area contributed by atoms with E-state index in [4.69, 9.17) is 30.3 Å². The van der Waals surface area contributed by atoms with E-state index in [1.54, 1.807) is 0 Å². The van der Waals surface area contributed by atoms with Crippen LogP contribution in [0.1, 0.15) is 0 Å². The first kappa shape index (κ1) is 22.4. The Morgan fingerprint density at radius 3 is 2.41 bits per heavy atom. The van der Waals surface area contributed by atoms with Crippen LogP contribution in [0.3, 0.4) is 0 Å². The first-order valence-electron chi connectivity index (χ1n) is 8.36. The number of ether oxygens (including phenoxy) is 1. The van der Waals surface area contributed by atoms with Gasteiger partial charge in [-0.05, 0) is 7.05 Å². The van der Waals surface area contributed by atoms with Crippen molar-refractivity contribution in [3.63, 3.8) is 0 Å². The largest absolute Gasteiger partial charge is 0.483 e. The molecule has 2 aliphatic heterocycles. The van der Waals surface area contributed by atoms with Crippen LogP contribution in [0.5, 0.6) is 0 Å². The summed E-state index contributed by atoms with van der Waals surface area (Å²) in [6.45, 7) is 4.03. The fourth-order valence-electron chi connectivity index (χ4n) is 3.04. The van der Waals surface area contributed by atoms with Gasteiger partial charge in [-0.15, -0.1) is 0 Å². The number of rotatable bonds is 2. The van der Waals surface area contributed by atoms with Crippen molar-refractivity contribution in [3.05, 3.63) is 6.07 Å². The van der Waals surface area contributed by atoms with Crippen molar-refractivity contribution in [3.8, 4) is 0 Å². The number of fused-ring (bicyclic) bond motifs is 3. The third-order valence-electron chi connectivity index (χ3n) is 4.19. The Bertz CT molecular complexity index is 597. The normalized spacial score (nSPS) is 21.5. The number of nitrogen functional groups attached to an aromatic ring is 1. The Hall–Kier alpha value is -2.66. The molecule has 11 nitrogen and oxygen atoms in total. The number of carbonyl (C=O) groups is 2. The molecule has 4 N–H and O–H groups in total. The van der Waals surface area contributed by atoms with Gasteiger partial charge in [0.2, 0.25) is 5.95 Å². The number of hydrogen-bond acceptors (Lipinski definition) is 9. The van der Waals surface area contributed by atoms with Crippen molar-refractivity contribution >= 4 is 30.5 Å². The van der Waals surface area contributed by atoms with Gasteiger partial charge in [-0.1, -0.05) is 0 Å². The second-order valence-electron chi connectivity index (χ2n) is 6.46. The fourth-order valence-corrected chi connectivity index (χ4v) is 3.04. The summed E-state index contributed by atoms with van der Waals surface area (Å²) in [5, 5.41) is 13.8. The summed E-state index contributed by atoms with van der Waals surface area (Å²) < 4.78 is 5.77. The van der Waals surface area contributed by atoms with Gasteiger partial charge in [0.15, 0.2) is 0 Å². The van der Waals surface area contributed by atoms with E-state index < -0.39 is 0 Å². The SMILES string of the molecule is CN(C)c1nc(N)cc(N2C[C@@H]3COC[C@H](C2)N(C)C3)n1.O=CO.O=CO. The minimum atomic E-state index is -0.250. The van der Waals surface area contributed by atoms with Crippen LogP contribution in [0.15, 0.2) is 6.07 Å². The summed E-state index contributed by atoms with van der Waals surface area (Å²) in [5.74, 6) is 2.59. The summed E-state index contributed by atoms with van der Waals surface area (Å²) in [7, 11) is 6.03. The summed E-state index contributed by atoms with van der Waals surface area (Å²) in [4.78, 5) is 32.3. The molecule has 27 heavy (non-hydrogen) atoms. The molecular formula is C16H28N6O5. The predicted molar refractivity (Wildman–Crippen MR) is 101 cm³/mol. The molecule has 3 heterocycles. The molecule has 2 saturated heterocycles. The molecule has 0 aliphatic carbocycles. The molecule has 2 atom stereocenters. The zero-order valence-corrected chi connectivity index (χ0v) is 15.9. The monoisotopic (exact) mass is 384 g/mol. The van der Waals surface area contributed by atoms with E-state index >= 15 is 0 Å². The highest BCUT2D eigenvalue weighted by Crippen LogP contribution is 2.24. The first-order chi connectivity index (χ1) is 12.9. The third-order valence-corrected chi connectivity index (χ3v) is 4.19. The lowest BCUT2D eigenvalue weighted by Gasteiger charge is -2.31. The Kier molecular flexibility index (Phi) is 9.23. The smallest absolute Gasteiger partial charge is 0.290 e. The predicted octanol–water partition coefficient (Wildman–Crippen LogP) is -0.707. The van der Waals surface area contributed by atoms with E-state index in [1.807, 2.05) is 25.1 Å². The number of likely N-dealkylation sites (N-methyl/N-ethyl adjacent to an activating group) is 1. The van der Waals surface area contributed by atoms with Crippen molar-refractivity contribution in [2.24, 2.45) is 5.92 Å².